The van der Waals surface area contributed by atoms with Gasteiger partial charge in [-0.25, -0.2) is 0 Å². The Labute approximate surface area is 81.9 Å². The van der Waals surface area contributed by atoms with Crippen LogP contribution in [0.2, 0.25) is 0 Å². The zero-order valence-electron chi connectivity index (χ0n) is 7.74. The summed E-state index contributed by atoms with van der Waals surface area (Å²) in [5.74, 6) is 0. The molecule has 2 rings (SSSR count). The van der Waals surface area contributed by atoms with Crippen molar-refractivity contribution in [3.05, 3.63) is 35.5 Å². The maximum Gasteiger partial charge on any atom is 0.0843 e. The number of benzene rings is 1. The third-order valence-corrected chi connectivity index (χ3v) is 2.82. The summed E-state index contributed by atoms with van der Waals surface area (Å²) in [5, 5.41) is 1.27. The first kappa shape index (κ1) is 8.45. The molecule has 1 nitrogen and oxygen atoms in total. The van der Waals surface area contributed by atoms with Gasteiger partial charge in [0.1, 0.15) is 0 Å². The Bertz CT molecular complexity index is 454. The monoisotopic (exact) mass is 189 g/mol. The molecule has 0 unspecified atom stereocenters. The quantitative estimate of drug-likeness (QED) is 0.667. The Morgan fingerprint density at radius 1 is 1.38 bits per heavy atom. The molecule has 1 aromatic heterocycles. The first-order valence-electron chi connectivity index (χ1n) is 4.30. The van der Waals surface area contributed by atoms with E-state index in [9.17, 15) is 0 Å². The molecular weight excluding hydrogens is 178 g/mol. The minimum Gasteiger partial charge on any atom is -0.192 e. The van der Waals surface area contributed by atoms with Crippen molar-refractivity contribution in [3.63, 3.8) is 0 Å². The largest absolute Gasteiger partial charge is 0.192 e. The summed E-state index contributed by atoms with van der Waals surface area (Å²) in [4.78, 5) is 0. The molecule has 2 aromatic rings. The molecule has 0 saturated heterocycles. The second-order valence-electron chi connectivity index (χ2n) is 3.07. The van der Waals surface area contributed by atoms with E-state index in [0.717, 1.165) is 5.69 Å². The smallest absolute Gasteiger partial charge is 0.0843 e. The summed E-state index contributed by atoms with van der Waals surface area (Å²) in [7, 11) is 0. The molecule has 0 amide bonds. The van der Waals surface area contributed by atoms with Gasteiger partial charge in [-0.1, -0.05) is 17.7 Å². The van der Waals surface area contributed by atoms with Crippen LogP contribution in [0.5, 0.6) is 0 Å². The normalized spacial score (nSPS) is 11.5. The Morgan fingerprint density at radius 3 is 3.00 bits per heavy atom. The van der Waals surface area contributed by atoms with E-state index in [4.69, 9.17) is 0 Å². The highest BCUT2D eigenvalue weighted by molar-refractivity contribution is 7.13. The van der Waals surface area contributed by atoms with Crippen LogP contribution in [0.25, 0.3) is 16.2 Å². The Kier molecular flexibility index (Phi) is 2.15. The van der Waals surface area contributed by atoms with E-state index in [-0.39, 0.29) is 0 Å². The molecule has 0 N–H and O–H groups in total. The molecule has 0 aliphatic carbocycles. The lowest BCUT2D eigenvalue weighted by Gasteiger charge is -1.92. The van der Waals surface area contributed by atoms with Gasteiger partial charge < -0.3 is 0 Å². The minimum absolute atomic E-state index is 1.09. The van der Waals surface area contributed by atoms with Crippen LogP contribution in [0.15, 0.2) is 24.3 Å². The van der Waals surface area contributed by atoms with E-state index in [1.807, 2.05) is 13.0 Å². The van der Waals surface area contributed by atoms with E-state index in [0.29, 0.717) is 0 Å². The molecule has 0 fully saturated rings. The van der Waals surface area contributed by atoms with Crippen molar-refractivity contribution in [1.82, 2.24) is 4.37 Å². The highest BCUT2D eigenvalue weighted by Crippen LogP contribution is 2.24. The fourth-order valence-corrected chi connectivity index (χ4v) is 2.10. The lowest BCUT2D eigenvalue weighted by atomic mass is 10.1. The van der Waals surface area contributed by atoms with E-state index < -0.39 is 0 Å². The Balaban J connectivity index is 2.71. The molecule has 1 aromatic carbocycles. The van der Waals surface area contributed by atoms with Gasteiger partial charge in [-0.2, -0.15) is 4.37 Å². The lowest BCUT2D eigenvalue weighted by Crippen LogP contribution is -1.73. The average Bonchev–Trinajstić information content (AvgIpc) is 2.49. The number of aryl methyl sites for hydroxylation is 1. The van der Waals surface area contributed by atoms with Crippen molar-refractivity contribution in [1.29, 1.82) is 0 Å². The van der Waals surface area contributed by atoms with E-state index in [1.165, 1.54) is 15.6 Å². The molecule has 0 saturated carbocycles. The zero-order chi connectivity index (χ0) is 9.26. The van der Waals surface area contributed by atoms with Crippen LogP contribution in [0.4, 0.5) is 0 Å². The van der Waals surface area contributed by atoms with Crippen LogP contribution in [0.1, 0.15) is 18.2 Å². The molecule has 1 heterocycles. The van der Waals surface area contributed by atoms with E-state index >= 15 is 0 Å². The van der Waals surface area contributed by atoms with Crippen LogP contribution in [-0.2, 0) is 0 Å². The standard InChI is InChI=1S/C11H11NS/c1-3-4-10-9-7-8(2)5-6-11(9)13-12-10/h3-7H,1-2H3/b4-3+. The number of hydrogen-bond acceptors (Lipinski definition) is 2. The average molecular weight is 189 g/mol. The molecule has 13 heavy (non-hydrogen) atoms. The van der Waals surface area contributed by atoms with Gasteiger partial charge in [-0.15, -0.1) is 0 Å². The van der Waals surface area contributed by atoms with Gasteiger partial charge in [0.15, 0.2) is 0 Å². The molecule has 2 heteroatoms. The molecule has 0 bridgehead atoms. The van der Waals surface area contributed by atoms with E-state index in [2.05, 4.69) is 35.6 Å². The van der Waals surface area contributed by atoms with Gasteiger partial charge in [-0.05, 0) is 43.6 Å². The van der Waals surface area contributed by atoms with Crippen LogP contribution in [0, 0.1) is 6.92 Å². The van der Waals surface area contributed by atoms with Crippen molar-refractivity contribution in [2.45, 2.75) is 13.8 Å². The predicted molar refractivity (Wildman–Crippen MR) is 59.1 cm³/mol. The molecule has 0 spiro atoms. The number of aromatic nitrogens is 1. The Hall–Kier alpha value is -1.15. The fourth-order valence-electron chi connectivity index (χ4n) is 1.35. The van der Waals surface area contributed by atoms with Crippen LogP contribution >= 0.6 is 11.5 Å². The molecule has 0 atom stereocenters. The molecule has 0 aliphatic heterocycles. The first-order chi connectivity index (χ1) is 6.31. The molecule has 0 radical (unpaired) electrons. The highest BCUT2D eigenvalue weighted by Gasteiger charge is 2.01. The molecule has 66 valence electrons. The zero-order valence-corrected chi connectivity index (χ0v) is 8.56. The van der Waals surface area contributed by atoms with Crippen molar-refractivity contribution in [2.24, 2.45) is 0 Å². The number of hydrogen-bond donors (Lipinski definition) is 0. The van der Waals surface area contributed by atoms with Crippen molar-refractivity contribution in [2.75, 3.05) is 0 Å². The number of allylic oxidation sites excluding steroid dienone is 1. The lowest BCUT2D eigenvalue weighted by molar-refractivity contribution is 1.49. The highest BCUT2D eigenvalue weighted by atomic mass is 32.1. The molecular formula is C11H11NS. The summed E-state index contributed by atoms with van der Waals surface area (Å²) in [6, 6.07) is 6.45. The van der Waals surface area contributed by atoms with Crippen molar-refractivity contribution >= 4 is 27.7 Å². The number of nitrogens with zero attached hydrogens (tertiary/aromatic N) is 1. The maximum atomic E-state index is 4.38. The van der Waals surface area contributed by atoms with Gasteiger partial charge in [-0.3, -0.25) is 0 Å². The summed E-state index contributed by atoms with van der Waals surface area (Å²) in [6.07, 6.45) is 4.08. The summed E-state index contributed by atoms with van der Waals surface area (Å²) >= 11 is 1.56. The summed E-state index contributed by atoms with van der Waals surface area (Å²) in [5.41, 5.74) is 2.38. The third kappa shape index (κ3) is 1.49. The summed E-state index contributed by atoms with van der Waals surface area (Å²) < 4.78 is 5.64. The van der Waals surface area contributed by atoms with Crippen LogP contribution in [0.3, 0.4) is 0 Å². The van der Waals surface area contributed by atoms with Gasteiger partial charge in [0, 0.05) is 5.39 Å². The Morgan fingerprint density at radius 2 is 2.23 bits per heavy atom. The first-order valence-corrected chi connectivity index (χ1v) is 5.07. The van der Waals surface area contributed by atoms with Crippen molar-refractivity contribution in [3.8, 4) is 0 Å². The second-order valence-corrected chi connectivity index (χ2v) is 3.87. The predicted octanol–water partition coefficient (Wildman–Crippen LogP) is 3.64. The van der Waals surface area contributed by atoms with Gasteiger partial charge in [0.25, 0.3) is 0 Å². The van der Waals surface area contributed by atoms with E-state index in [1.54, 1.807) is 11.5 Å². The minimum atomic E-state index is 1.09. The molecule has 0 aliphatic rings. The fraction of sp³-hybridized carbons (Fsp3) is 0.182. The number of fused-ring (bicyclic) bond motifs is 1. The third-order valence-electron chi connectivity index (χ3n) is 1.98. The number of rotatable bonds is 1. The topological polar surface area (TPSA) is 12.9 Å². The van der Waals surface area contributed by atoms with Crippen LogP contribution in [-0.4, -0.2) is 4.37 Å². The van der Waals surface area contributed by atoms with Gasteiger partial charge >= 0.3 is 0 Å². The second kappa shape index (κ2) is 3.30. The van der Waals surface area contributed by atoms with Crippen molar-refractivity contribution < 1.29 is 0 Å². The SMILES string of the molecule is C/C=C/c1nsc2ccc(C)cc12. The van der Waals surface area contributed by atoms with Gasteiger partial charge in [0.05, 0.1) is 10.4 Å². The summed E-state index contributed by atoms with van der Waals surface area (Å²) in [6.45, 7) is 4.12. The maximum absolute atomic E-state index is 4.38. The van der Waals surface area contributed by atoms with Crippen LogP contribution < -0.4 is 0 Å². The van der Waals surface area contributed by atoms with Gasteiger partial charge in [0.2, 0.25) is 0 Å².